The zero-order chi connectivity index (χ0) is 13.0. The van der Waals surface area contributed by atoms with Crippen LogP contribution in [0.15, 0.2) is 12.3 Å². The van der Waals surface area contributed by atoms with E-state index >= 15 is 0 Å². The first-order chi connectivity index (χ1) is 8.72. The van der Waals surface area contributed by atoms with Gasteiger partial charge in [-0.2, -0.15) is 0 Å². The van der Waals surface area contributed by atoms with Gasteiger partial charge >= 0.3 is 0 Å². The summed E-state index contributed by atoms with van der Waals surface area (Å²) in [5, 5.41) is 9.29. The third-order valence-corrected chi connectivity index (χ3v) is 3.46. The van der Waals surface area contributed by atoms with Gasteiger partial charge in [-0.05, 0) is 26.2 Å². The van der Waals surface area contributed by atoms with E-state index < -0.39 is 0 Å². The van der Waals surface area contributed by atoms with Gasteiger partial charge in [-0.1, -0.05) is 0 Å². The Balaban J connectivity index is 2.06. The number of aliphatic hydroxyl groups is 1. The summed E-state index contributed by atoms with van der Waals surface area (Å²) in [7, 11) is 1.75. The zero-order valence-electron chi connectivity index (χ0n) is 11.1. The second-order valence-electron chi connectivity index (χ2n) is 4.86. The van der Waals surface area contributed by atoms with E-state index in [0.29, 0.717) is 6.10 Å². The van der Waals surface area contributed by atoms with E-state index in [9.17, 15) is 5.11 Å². The van der Waals surface area contributed by atoms with Gasteiger partial charge in [0, 0.05) is 37.1 Å². The Hall–Kier alpha value is -1.13. The van der Waals surface area contributed by atoms with Crippen molar-refractivity contribution < 1.29 is 14.6 Å². The van der Waals surface area contributed by atoms with Crippen LogP contribution in [0, 0.1) is 6.92 Å². The molecule has 18 heavy (non-hydrogen) atoms. The predicted molar refractivity (Wildman–Crippen MR) is 68.6 cm³/mol. The Morgan fingerprint density at radius 1 is 1.39 bits per heavy atom. The minimum atomic E-state index is -0.0387. The van der Waals surface area contributed by atoms with Crippen molar-refractivity contribution in [3.05, 3.63) is 23.5 Å². The third kappa shape index (κ3) is 3.21. The minimum absolute atomic E-state index is 0.0387. The van der Waals surface area contributed by atoms with Gasteiger partial charge < -0.3 is 14.6 Å². The number of pyridine rings is 1. The topological polar surface area (TPSA) is 51.6 Å². The van der Waals surface area contributed by atoms with Crippen LogP contribution in [0.4, 0.5) is 0 Å². The van der Waals surface area contributed by atoms with Crippen LogP contribution in [-0.2, 0) is 11.3 Å². The molecular formula is C14H21NO3. The van der Waals surface area contributed by atoms with Crippen LogP contribution in [0.3, 0.4) is 0 Å². The number of methoxy groups -OCH3 is 1. The number of rotatable bonds is 4. The molecule has 0 saturated heterocycles. The summed E-state index contributed by atoms with van der Waals surface area (Å²) in [5.41, 5.74) is 1.65. The first kappa shape index (κ1) is 13.3. The Bertz CT molecular complexity index is 395. The highest BCUT2D eigenvalue weighted by Gasteiger charge is 2.23. The standard InChI is InChI=1S/C14H21NO3/c1-10-6-14(11(9-16)8-15-10)18-13-5-3-4-12(7-13)17-2/h6,8,12-13,16H,3-5,7,9H2,1-2H3. The van der Waals surface area contributed by atoms with Crippen LogP contribution in [-0.4, -0.2) is 29.4 Å². The van der Waals surface area contributed by atoms with Gasteiger partial charge in [0.1, 0.15) is 11.9 Å². The average molecular weight is 251 g/mol. The minimum Gasteiger partial charge on any atom is -0.490 e. The Kier molecular flexibility index (Phi) is 4.55. The molecule has 1 fully saturated rings. The van der Waals surface area contributed by atoms with Gasteiger partial charge in [0.15, 0.2) is 0 Å². The van der Waals surface area contributed by atoms with Crippen LogP contribution in [0.25, 0.3) is 0 Å². The van der Waals surface area contributed by atoms with E-state index in [2.05, 4.69) is 4.98 Å². The molecule has 4 heteroatoms. The van der Waals surface area contributed by atoms with Crippen molar-refractivity contribution in [2.45, 2.75) is 51.4 Å². The molecule has 0 aromatic carbocycles. The molecule has 0 amide bonds. The molecule has 2 rings (SSSR count). The maximum Gasteiger partial charge on any atom is 0.128 e. The Morgan fingerprint density at radius 3 is 2.89 bits per heavy atom. The summed E-state index contributed by atoms with van der Waals surface area (Å²) in [6, 6.07) is 1.89. The van der Waals surface area contributed by atoms with Crippen LogP contribution in [0.5, 0.6) is 5.75 Å². The molecule has 0 radical (unpaired) electrons. The fourth-order valence-corrected chi connectivity index (χ4v) is 2.39. The number of hydrogen-bond acceptors (Lipinski definition) is 4. The number of nitrogens with zero attached hydrogens (tertiary/aromatic N) is 1. The Labute approximate surface area is 108 Å². The summed E-state index contributed by atoms with van der Waals surface area (Å²) >= 11 is 0. The molecule has 0 aliphatic heterocycles. The molecule has 1 aromatic heterocycles. The van der Waals surface area contributed by atoms with Crippen LogP contribution >= 0.6 is 0 Å². The molecule has 100 valence electrons. The molecule has 0 spiro atoms. The molecule has 1 aliphatic carbocycles. The van der Waals surface area contributed by atoms with E-state index in [-0.39, 0.29) is 12.7 Å². The molecule has 1 saturated carbocycles. The highest BCUT2D eigenvalue weighted by Crippen LogP contribution is 2.27. The summed E-state index contributed by atoms with van der Waals surface area (Å²) in [6.45, 7) is 1.88. The van der Waals surface area contributed by atoms with E-state index in [1.54, 1.807) is 13.3 Å². The van der Waals surface area contributed by atoms with Crippen molar-refractivity contribution in [2.24, 2.45) is 0 Å². The number of aliphatic hydroxyl groups excluding tert-OH is 1. The molecule has 2 unspecified atom stereocenters. The lowest BCUT2D eigenvalue weighted by atomic mass is 9.95. The van der Waals surface area contributed by atoms with Crippen molar-refractivity contribution in [3.8, 4) is 5.75 Å². The van der Waals surface area contributed by atoms with Crippen molar-refractivity contribution in [1.29, 1.82) is 0 Å². The lowest BCUT2D eigenvalue weighted by Gasteiger charge is -2.29. The monoisotopic (exact) mass is 251 g/mol. The summed E-state index contributed by atoms with van der Waals surface area (Å²) in [6.07, 6.45) is 6.36. The van der Waals surface area contributed by atoms with Crippen molar-refractivity contribution >= 4 is 0 Å². The fourth-order valence-electron chi connectivity index (χ4n) is 2.39. The Morgan fingerprint density at radius 2 is 2.17 bits per heavy atom. The summed E-state index contributed by atoms with van der Waals surface area (Å²) < 4.78 is 11.4. The lowest BCUT2D eigenvalue weighted by Crippen LogP contribution is -2.29. The van der Waals surface area contributed by atoms with Gasteiger partial charge in [-0.15, -0.1) is 0 Å². The highest BCUT2D eigenvalue weighted by atomic mass is 16.5. The molecule has 1 aromatic rings. The second kappa shape index (κ2) is 6.16. The molecule has 2 atom stereocenters. The van der Waals surface area contributed by atoms with Crippen molar-refractivity contribution in [2.75, 3.05) is 7.11 Å². The quantitative estimate of drug-likeness (QED) is 0.891. The molecular weight excluding hydrogens is 230 g/mol. The smallest absolute Gasteiger partial charge is 0.128 e. The van der Waals surface area contributed by atoms with Gasteiger partial charge in [0.25, 0.3) is 0 Å². The highest BCUT2D eigenvalue weighted by molar-refractivity contribution is 5.32. The normalized spacial score (nSPS) is 23.9. The van der Waals surface area contributed by atoms with E-state index in [4.69, 9.17) is 9.47 Å². The van der Waals surface area contributed by atoms with Gasteiger partial charge in [-0.3, -0.25) is 4.98 Å². The SMILES string of the molecule is COC1CCCC(Oc2cc(C)ncc2CO)C1. The summed E-state index contributed by atoms with van der Waals surface area (Å²) in [5.74, 6) is 0.756. The first-order valence-electron chi connectivity index (χ1n) is 6.48. The lowest BCUT2D eigenvalue weighted by molar-refractivity contribution is 0.0203. The van der Waals surface area contributed by atoms with E-state index in [0.717, 1.165) is 42.7 Å². The van der Waals surface area contributed by atoms with Gasteiger partial charge in [-0.25, -0.2) is 0 Å². The molecule has 0 bridgehead atoms. The molecule has 1 heterocycles. The van der Waals surface area contributed by atoms with Gasteiger partial charge in [0.2, 0.25) is 0 Å². The van der Waals surface area contributed by atoms with Crippen LogP contribution in [0.1, 0.15) is 36.9 Å². The predicted octanol–water partition coefficient (Wildman–Crippen LogP) is 2.22. The average Bonchev–Trinajstić information content (AvgIpc) is 2.39. The maximum atomic E-state index is 9.29. The number of hydrogen-bond donors (Lipinski definition) is 1. The van der Waals surface area contributed by atoms with E-state index in [1.807, 2.05) is 13.0 Å². The van der Waals surface area contributed by atoms with E-state index in [1.165, 1.54) is 0 Å². The second-order valence-corrected chi connectivity index (χ2v) is 4.86. The maximum absolute atomic E-state index is 9.29. The third-order valence-electron chi connectivity index (χ3n) is 3.46. The number of aryl methyl sites for hydroxylation is 1. The molecule has 1 N–H and O–H groups in total. The molecule has 1 aliphatic rings. The van der Waals surface area contributed by atoms with Gasteiger partial charge in [0.05, 0.1) is 12.7 Å². The van der Waals surface area contributed by atoms with Crippen molar-refractivity contribution in [1.82, 2.24) is 4.98 Å². The summed E-state index contributed by atoms with van der Waals surface area (Å²) in [4.78, 5) is 4.17. The number of ether oxygens (including phenoxy) is 2. The molecule has 4 nitrogen and oxygen atoms in total. The van der Waals surface area contributed by atoms with Crippen LogP contribution < -0.4 is 4.74 Å². The largest absolute Gasteiger partial charge is 0.490 e. The van der Waals surface area contributed by atoms with Crippen LogP contribution in [0.2, 0.25) is 0 Å². The number of aromatic nitrogens is 1. The first-order valence-corrected chi connectivity index (χ1v) is 6.48. The van der Waals surface area contributed by atoms with Crippen molar-refractivity contribution in [3.63, 3.8) is 0 Å². The zero-order valence-corrected chi connectivity index (χ0v) is 11.1. The fraction of sp³-hybridized carbons (Fsp3) is 0.643.